The Morgan fingerprint density at radius 2 is 1.74 bits per heavy atom. The molecule has 1 aromatic carbocycles. The van der Waals surface area contributed by atoms with Gasteiger partial charge in [0.15, 0.2) is 0 Å². The summed E-state index contributed by atoms with van der Waals surface area (Å²) in [5, 5.41) is 14.8. The highest BCUT2D eigenvalue weighted by Gasteiger charge is 2.50. The normalized spacial score (nSPS) is 18.7. The second kappa shape index (κ2) is 15.8. The van der Waals surface area contributed by atoms with E-state index in [0.29, 0.717) is 44.0 Å². The van der Waals surface area contributed by atoms with Crippen molar-refractivity contribution in [3.8, 4) is 0 Å². The number of ether oxygens (including phenoxy) is 1. The summed E-state index contributed by atoms with van der Waals surface area (Å²) in [6.07, 6.45) is 4.72. The van der Waals surface area contributed by atoms with Crippen molar-refractivity contribution >= 4 is 11.8 Å². The maximum Gasteiger partial charge on any atom is 0.244 e. The number of rotatable bonds is 17. The Hall–Kier alpha value is -2.62. The van der Waals surface area contributed by atoms with E-state index in [2.05, 4.69) is 5.32 Å². The average Bonchev–Trinajstić information content (AvgIpc) is 2.87. The van der Waals surface area contributed by atoms with E-state index in [1.165, 1.54) is 12.1 Å². The van der Waals surface area contributed by atoms with Gasteiger partial charge in [-0.25, -0.2) is 8.78 Å². The van der Waals surface area contributed by atoms with E-state index in [9.17, 15) is 23.5 Å². The van der Waals surface area contributed by atoms with E-state index in [1.54, 1.807) is 24.0 Å². The minimum Gasteiger partial charge on any atom is -0.391 e. The van der Waals surface area contributed by atoms with Crippen LogP contribution in [0.4, 0.5) is 8.78 Å². The van der Waals surface area contributed by atoms with Gasteiger partial charge in [0.25, 0.3) is 0 Å². The minimum absolute atomic E-state index is 0.0114. The van der Waals surface area contributed by atoms with E-state index < -0.39 is 35.0 Å². The highest BCUT2D eigenvalue weighted by Crippen LogP contribution is 2.45. The molecule has 1 aliphatic carbocycles. The van der Waals surface area contributed by atoms with Gasteiger partial charge in [-0.15, -0.1) is 0 Å². The van der Waals surface area contributed by atoms with Gasteiger partial charge in [-0.05, 0) is 56.7 Å². The summed E-state index contributed by atoms with van der Waals surface area (Å²) < 4.78 is 33.9. The average molecular weight is 550 g/mol. The Balaban J connectivity index is 2.58. The lowest BCUT2D eigenvalue weighted by Crippen LogP contribution is -2.54. The van der Waals surface area contributed by atoms with Crippen LogP contribution in [0.1, 0.15) is 58.9 Å². The summed E-state index contributed by atoms with van der Waals surface area (Å²) in [6, 6.07) is 3.22. The molecular formula is C30H45F2N3O4. The first-order chi connectivity index (χ1) is 18.6. The summed E-state index contributed by atoms with van der Waals surface area (Å²) >= 11 is 0. The summed E-state index contributed by atoms with van der Waals surface area (Å²) in [7, 11) is 0. The fourth-order valence-corrected chi connectivity index (χ4v) is 5.41. The number of allylic oxidation sites excluding steroid dienone is 2. The van der Waals surface area contributed by atoms with E-state index in [-0.39, 0.29) is 30.9 Å². The molecule has 7 nitrogen and oxygen atoms in total. The summed E-state index contributed by atoms with van der Waals surface area (Å²) in [5.41, 5.74) is 5.61. The van der Waals surface area contributed by atoms with Crippen LogP contribution in [0.2, 0.25) is 0 Å². The number of carbonyl (C=O) groups excluding carboxylic acids is 2. The number of aliphatic hydroxyl groups excluding tert-OH is 1. The molecule has 9 heteroatoms. The number of primary amides is 1. The quantitative estimate of drug-likeness (QED) is 0.256. The van der Waals surface area contributed by atoms with Crippen molar-refractivity contribution in [2.75, 3.05) is 39.4 Å². The van der Waals surface area contributed by atoms with E-state index in [4.69, 9.17) is 10.5 Å². The van der Waals surface area contributed by atoms with Crippen molar-refractivity contribution in [2.45, 2.75) is 65.9 Å². The zero-order valence-corrected chi connectivity index (χ0v) is 23.8. The number of hydrogen-bond acceptors (Lipinski definition) is 5. The first-order valence-corrected chi connectivity index (χ1v) is 14.0. The number of amides is 2. The molecule has 0 saturated heterocycles. The lowest BCUT2D eigenvalue weighted by Gasteiger charge is -2.45. The van der Waals surface area contributed by atoms with Crippen LogP contribution in [-0.2, 0) is 20.7 Å². The van der Waals surface area contributed by atoms with Crippen molar-refractivity contribution in [2.24, 2.45) is 17.1 Å². The standard InChI is InChI=1S/C30H45F2N3O4/c1-5-9-35(10-6-2)29(38)30(18-21(4)13-23(19-30)28(33)37)26(16-22-14-24(31)17-25(32)15-22)27(36)20-34-8-12-39-11-7-3/h13-15,17-18,26-27,34,36H,5-12,16,19-20H2,1-4H3,(H2,33,37)/t26-,27+,30?/m1/s1. The summed E-state index contributed by atoms with van der Waals surface area (Å²) in [6.45, 7) is 10.5. The molecular weight excluding hydrogens is 504 g/mol. The maximum atomic E-state index is 14.4. The van der Waals surface area contributed by atoms with Crippen LogP contribution >= 0.6 is 0 Å². The van der Waals surface area contributed by atoms with Crippen LogP contribution in [0.5, 0.6) is 0 Å². The van der Waals surface area contributed by atoms with Crippen molar-refractivity contribution in [1.29, 1.82) is 0 Å². The third-order valence-corrected chi connectivity index (χ3v) is 6.99. The number of nitrogens with one attached hydrogen (secondary N) is 1. The topological polar surface area (TPSA) is 105 Å². The first-order valence-electron chi connectivity index (χ1n) is 14.0. The summed E-state index contributed by atoms with van der Waals surface area (Å²) in [4.78, 5) is 28.6. The number of nitrogens with two attached hydrogens (primary N) is 1. The molecule has 2 amide bonds. The highest BCUT2D eigenvalue weighted by molar-refractivity contribution is 5.96. The van der Waals surface area contributed by atoms with Crippen LogP contribution < -0.4 is 11.1 Å². The molecule has 0 spiro atoms. The second-order valence-corrected chi connectivity index (χ2v) is 10.4. The number of hydrogen-bond donors (Lipinski definition) is 3. The number of nitrogens with zero attached hydrogens (tertiary/aromatic N) is 1. The van der Waals surface area contributed by atoms with Gasteiger partial charge in [-0.2, -0.15) is 0 Å². The minimum atomic E-state index is -1.35. The predicted octanol–water partition coefficient (Wildman–Crippen LogP) is 3.90. The lowest BCUT2D eigenvalue weighted by atomic mass is 9.63. The fourth-order valence-electron chi connectivity index (χ4n) is 5.41. The summed E-state index contributed by atoms with van der Waals surface area (Å²) in [5.74, 6) is -3.17. The number of halogens is 2. The molecule has 1 unspecified atom stereocenters. The van der Waals surface area contributed by atoms with Gasteiger partial charge in [-0.1, -0.05) is 38.5 Å². The molecule has 39 heavy (non-hydrogen) atoms. The van der Waals surface area contributed by atoms with Crippen molar-refractivity contribution in [3.63, 3.8) is 0 Å². The third-order valence-electron chi connectivity index (χ3n) is 6.99. The zero-order chi connectivity index (χ0) is 29.0. The van der Waals surface area contributed by atoms with Crippen LogP contribution in [-0.4, -0.2) is 67.3 Å². The molecule has 1 aliphatic rings. The van der Waals surface area contributed by atoms with Gasteiger partial charge in [0.2, 0.25) is 11.8 Å². The van der Waals surface area contributed by atoms with Crippen LogP contribution in [0, 0.1) is 23.0 Å². The van der Waals surface area contributed by atoms with Gasteiger partial charge in [0.05, 0.1) is 18.1 Å². The lowest BCUT2D eigenvalue weighted by molar-refractivity contribution is -0.145. The molecule has 0 bridgehead atoms. The number of benzene rings is 1. The Kier molecular flexibility index (Phi) is 13.2. The smallest absolute Gasteiger partial charge is 0.244 e. The monoisotopic (exact) mass is 549 g/mol. The van der Waals surface area contributed by atoms with E-state index in [1.807, 2.05) is 20.8 Å². The van der Waals surface area contributed by atoms with Crippen LogP contribution in [0.25, 0.3) is 0 Å². The Labute approximate surface area is 231 Å². The zero-order valence-electron chi connectivity index (χ0n) is 23.8. The van der Waals surface area contributed by atoms with Crippen LogP contribution in [0.3, 0.4) is 0 Å². The van der Waals surface area contributed by atoms with Gasteiger partial charge in [-0.3, -0.25) is 9.59 Å². The molecule has 0 fully saturated rings. The maximum absolute atomic E-state index is 14.4. The van der Waals surface area contributed by atoms with Crippen LogP contribution in [0.15, 0.2) is 41.5 Å². The van der Waals surface area contributed by atoms with Crippen molar-refractivity contribution in [1.82, 2.24) is 10.2 Å². The molecule has 218 valence electrons. The molecule has 0 aromatic heterocycles. The molecule has 1 aromatic rings. The fraction of sp³-hybridized carbons (Fsp3) is 0.600. The molecule has 0 heterocycles. The third kappa shape index (κ3) is 9.22. The van der Waals surface area contributed by atoms with Gasteiger partial charge >= 0.3 is 0 Å². The van der Waals surface area contributed by atoms with Gasteiger partial charge < -0.3 is 25.8 Å². The largest absolute Gasteiger partial charge is 0.391 e. The molecule has 0 saturated carbocycles. The molecule has 2 rings (SSSR count). The van der Waals surface area contributed by atoms with Crippen molar-refractivity contribution < 1.29 is 28.2 Å². The number of carbonyl (C=O) groups is 2. The van der Waals surface area contributed by atoms with E-state index >= 15 is 0 Å². The second-order valence-electron chi connectivity index (χ2n) is 10.4. The molecule has 0 radical (unpaired) electrons. The Morgan fingerprint density at radius 3 is 2.31 bits per heavy atom. The SMILES string of the molecule is CCCOCCNC[C@H](O)[C@@H](Cc1cc(F)cc(F)c1)C1(C(=O)N(CCC)CCC)C=C(C)C=C(C(N)=O)C1. The van der Waals surface area contributed by atoms with Gasteiger partial charge in [0.1, 0.15) is 11.6 Å². The molecule has 4 N–H and O–H groups in total. The Bertz CT molecular complexity index is 1000. The highest BCUT2D eigenvalue weighted by atomic mass is 19.1. The predicted molar refractivity (Wildman–Crippen MR) is 149 cm³/mol. The van der Waals surface area contributed by atoms with E-state index in [0.717, 1.165) is 25.3 Å². The molecule has 3 atom stereocenters. The Morgan fingerprint density at radius 1 is 1.10 bits per heavy atom. The molecule has 0 aliphatic heterocycles. The number of aliphatic hydroxyl groups is 1. The van der Waals surface area contributed by atoms with Crippen molar-refractivity contribution in [3.05, 3.63) is 58.7 Å². The first kappa shape index (κ1) is 32.6. The van der Waals surface area contributed by atoms with Gasteiger partial charge in [0, 0.05) is 50.3 Å².